The zero-order valence-corrected chi connectivity index (χ0v) is 17.2. The third-order valence-corrected chi connectivity index (χ3v) is 6.07. The second-order valence-electron chi connectivity index (χ2n) is 7.10. The zero-order valence-electron chi connectivity index (χ0n) is 16.3. The summed E-state index contributed by atoms with van der Waals surface area (Å²) in [6.07, 6.45) is 0. The number of Topliss-reactive ketones (excluding diaryl/α,β-unsaturated/α-hetero) is 1. The molecule has 6 nitrogen and oxygen atoms in total. The molecule has 2 heterocycles. The summed E-state index contributed by atoms with van der Waals surface area (Å²) in [5.41, 5.74) is 1.68. The third kappa shape index (κ3) is 4.81. The van der Waals surface area contributed by atoms with Crippen LogP contribution in [-0.2, 0) is 11.3 Å². The van der Waals surface area contributed by atoms with Gasteiger partial charge >= 0.3 is 0 Å². The van der Waals surface area contributed by atoms with Gasteiger partial charge in [0.25, 0.3) is 5.91 Å². The van der Waals surface area contributed by atoms with Crippen LogP contribution in [0.2, 0.25) is 0 Å². The first kappa shape index (κ1) is 19.5. The molecular formula is C22H23N3O3S. The summed E-state index contributed by atoms with van der Waals surface area (Å²) in [6, 6.07) is 15.1. The molecule has 0 bridgehead atoms. The van der Waals surface area contributed by atoms with Crippen molar-refractivity contribution < 1.29 is 14.3 Å². The monoisotopic (exact) mass is 409 g/mol. The Morgan fingerprint density at radius 1 is 1.03 bits per heavy atom. The van der Waals surface area contributed by atoms with E-state index in [0.717, 1.165) is 30.2 Å². The Morgan fingerprint density at radius 3 is 2.45 bits per heavy atom. The molecule has 0 aliphatic carbocycles. The standard InChI is InChI=1S/C22H23N3O3S/c1-16(26)17-6-8-18(9-7-17)28-15-22(27)25-12-10-24(11-13-25)14-21-23-19-4-2-3-5-20(19)29-21/h2-9H,10-15H2,1H3. The minimum atomic E-state index is -0.0136. The highest BCUT2D eigenvalue weighted by molar-refractivity contribution is 7.18. The molecule has 2 aromatic carbocycles. The molecule has 0 radical (unpaired) electrons. The molecule has 4 rings (SSSR count). The van der Waals surface area contributed by atoms with Gasteiger partial charge in [0.2, 0.25) is 0 Å². The van der Waals surface area contributed by atoms with Gasteiger partial charge in [0.15, 0.2) is 12.4 Å². The quantitative estimate of drug-likeness (QED) is 0.585. The molecular weight excluding hydrogens is 386 g/mol. The average molecular weight is 410 g/mol. The highest BCUT2D eigenvalue weighted by Gasteiger charge is 2.22. The molecule has 29 heavy (non-hydrogen) atoms. The summed E-state index contributed by atoms with van der Waals surface area (Å²) in [5.74, 6) is 0.592. The molecule has 0 N–H and O–H groups in total. The van der Waals surface area contributed by atoms with Crippen LogP contribution in [0.15, 0.2) is 48.5 Å². The maximum atomic E-state index is 12.4. The van der Waals surface area contributed by atoms with E-state index in [1.54, 1.807) is 35.6 Å². The predicted molar refractivity (Wildman–Crippen MR) is 113 cm³/mol. The normalized spacial score (nSPS) is 14.9. The molecule has 150 valence electrons. The number of piperazine rings is 1. The van der Waals surface area contributed by atoms with E-state index in [1.807, 2.05) is 23.1 Å². The van der Waals surface area contributed by atoms with Gasteiger partial charge in [-0.2, -0.15) is 0 Å². The third-order valence-electron chi connectivity index (χ3n) is 5.05. The highest BCUT2D eigenvalue weighted by Crippen LogP contribution is 2.23. The van der Waals surface area contributed by atoms with Gasteiger partial charge in [-0.1, -0.05) is 12.1 Å². The Bertz CT molecular complexity index is 975. The van der Waals surface area contributed by atoms with Crippen molar-refractivity contribution in [1.29, 1.82) is 0 Å². The molecule has 1 saturated heterocycles. The number of rotatable bonds is 6. The molecule has 1 amide bonds. The molecule has 1 aliphatic rings. The van der Waals surface area contributed by atoms with Gasteiger partial charge in [-0.25, -0.2) is 4.98 Å². The SMILES string of the molecule is CC(=O)c1ccc(OCC(=O)N2CCN(Cc3nc4ccccc4s3)CC2)cc1. The number of carbonyl (C=O) groups is 2. The first-order valence-corrected chi connectivity index (χ1v) is 10.5. The average Bonchev–Trinajstić information content (AvgIpc) is 3.15. The van der Waals surface area contributed by atoms with Gasteiger partial charge in [0.05, 0.1) is 16.8 Å². The summed E-state index contributed by atoms with van der Waals surface area (Å²) in [7, 11) is 0. The van der Waals surface area contributed by atoms with Crippen LogP contribution in [0.4, 0.5) is 0 Å². The van der Waals surface area contributed by atoms with E-state index in [1.165, 1.54) is 11.6 Å². The van der Waals surface area contributed by atoms with E-state index in [-0.39, 0.29) is 18.3 Å². The van der Waals surface area contributed by atoms with Gasteiger partial charge in [-0.3, -0.25) is 14.5 Å². The summed E-state index contributed by atoms with van der Waals surface area (Å²) < 4.78 is 6.80. The van der Waals surface area contributed by atoms with E-state index < -0.39 is 0 Å². The largest absolute Gasteiger partial charge is 0.484 e. The first-order chi connectivity index (χ1) is 14.1. The number of hydrogen-bond donors (Lipinski definition) is 0. The van der Waals surface area contributed by atoms with E-state index >= 15 is 0 Å². The maximum absolute atomic E-state index is 12.4. The maximum Gasteiger partial charge on any atom is 0.260 e. The Balaban J connectivity index is 1.24. The lowest BCUT2D eigenvalue weighted by Crippen LogP contribution is -2.49. The van der Waals surface area contributed by atoms with Crippen LogP contribution < -0.4 is 4.74 Å². The Morgan fingerprint density at radius 2 is 1.76 bits per heavy atom. The van der Waals surface area contributed by atoms with E-state index in [9.17, 15) is 9.59 Å². The number of ether oxygens (including phenoxy) is 1. The number of aromatic nitrogens is 1. The van der Waals surface area contributed by atoms with Crippen molar-refractivity contribution in [3.05, 3.63) is 59.1 Å². The Kier molecular flexibility index (Phi) is 5.87. The predicted octanol–water partition coefficient (Wildman–Crippen LogP) is 3.22. The van der Waals surface area contributed by atoms with Crippen molar-refractivity contribution >= 4 is 33.2 Å². The van der Waals surface area contributed by atoms with E-state index in [2.05, 4.69) is 11.0 Å². The smallest absolute Gasteiger partial charge is 0.260 e. The molecule has 1 fully saturated rings. The Hall–Kier alpha value is -2.77. The molecule has 1 aliphatic heterocycles. The molecule has 1 aromatic heterocycles. The van der Waals surface area contributed by atoms with E-state index in [0.29, 0.717) is 24.4 Å². The van der Waals surface area contributed by atoms with Crippen molar-refractivity contribution in [1.82, 2.24) is 14.8 Å². The summed E-state index contributed by atoms with van der Waals surface area (Å²) in [4.78, 5) is 32.6. The second kappa shape index (κ2) is 8.71. The van der Waals surface area contributed by atoms with Gasteiger partial charge in [-0.15, -0.1) is 11.3 Å². The summed E-state index contributed by atoms with van der Waals surface area (Å²) in [5, 5.41) is 1.11. The molecule has 3 aromatic rings. The van der Waals surface area contributed by atoms with Crippen LogP contribution in [-0.4, -0.2) is 59.3 Å². The minimum Gasteiger partial charge on any atom is -0.484 e. The number of para-hydroxylation sites is 1. The van der Waals surface area contributed by atoms with Crippen LogP contribution in [0.3, 0.4) is 0 Å². The summed E-state index contributed by atoms with van der Waals surface area (Å²) in [6.45, 7) is 5.39. The van der Waals surface area contributed by atoms with E-state index in [4.69, 9.17) is 9.72 Å². The Labute approximate surface area is 173 Å². The number of ketones is 1. The first-order valence-electron chi connectivity index (χ1n) is 9.67. The lowest BCUT2D eigenvalue weighted by molar-refractivity contribution is -0.135. The van der Waals surface area contributed by atoms with Crippen LogP contribution in [0.5, 0.6) is 5.75 Å². The molecule has 0 unspecified atom stereocenters. The van der Waals surface area contributed by atoms with Crippen molar-refractivity contribution in [2.24, 2.45) is 0 Å². The molecule has 0 spiro atoms. The number of fused-ring (bicyclic) bond motifs is 1. The lowest BCUT2D eigenvalue weighted by Gasteiger charge is -2.34. The number of nitrogens with zero attached hydrogens (tertiary/aromatic N) is 3. The van der Waals surface area contributed by atoms with Gasteiger partial charge in [0, 0.05) is 31.7 Å². The number of amides is 1. The zero-order chi connectivity index (χ0) is 20.2. The van der Waals surface area contributed by atoms with Gasteiger partial charge in [-0.05, 0) is 43.3 Å². The van der Waals surface area contributed by atoms with Crippen molar-refractivity contribution in [2.45, 2.75) is 13.5 Å². The van der Waals surface area contributed by atoms with Crippen LogP contribution in [0, 0.1) is 0 Å². The van der Waals surface area contributed by atoms with Crippen LogP contribution >= 0.6 is 11.3 Å². The number of hydrogen-bond acceptors (Lipinski definition) is 6. The number of benzene rings is 2. The summed E-state index contributed by atoms with van der Waals surface area (Å²) >= 11 is 1.73. The van der Waals surface area contributed by atoms with Gasteiger partial charge in [0.1, 0.15) is 10.8 Å². The second-order valence-corrected chi connectivity index (χ2v) is 8.22. The fraction of sp³-hybridized carbons (Fsp3) is 0.318. The van der Waals surface area contributed by atoms with Crippen molar-refractivity contribution in [3.8, 4) is 5.75 Å². The van der Waals surface area contributed by atoms with Crippen molar-refractivity contribution in [3.63, 3.8) is 0 Å². The fourth-order valence-electron chi connectivity index (χ4n) is 3.36. The molecule has 7 heteroatoms. The fourth-order valence-corrected chi connectivity index (χ4v) is 4.37. The van der Waals surface area contributed by atoms with Crippen LogP contribution in [0.25, 0.3) is 10.2 Å². The molecule has 0 atom stereocenters. The van der Waals surface area contributed by atoms with Crippen molar-refractivity contribution in [2.75, 3.05) is 32.8 Å². The highest BCUT2D eigenvalue weighted by atomic mass is 32.1. The van der Waals surface area contributed by atoms with Gasteiger partial charge < -0.3 is 9.64 Å². The number of carbonyl (C=O) groups excluding carboxylic acids is 2. The number of thiazole rings is 1. The van der Waals surface area contributed by atoms with Crippen LogP contribution in [0.1, 0.15) is 22.3 Å². The minimum absolute atomic E-state index is 0.0105. The molecule has 0 saturated carbocycles. The topological polar surface area (TPSA) is 62.7 Å². The lowest BCUT2D eigenvalue weighted by atomic mass is 10.1.